The summed E-state index contributed by atoms with van der Waals surface area (Å²) in [6.45, 7) is 8.16. The maximum atomic E-state index is 12.5. The van der Waals surface area contributed by atoms with Crippen molar-refractivity contribution in [1.82, 2.24) is 24.9 Å². The van der Waals surface area contributed by atoms with Crippen molar-refractivity contribution in [3.63, 3.8) is 0 Å². The zero-order chi connectivity index (χ0) is 18.8. The second-order valence-corrected chi connectivity index (χ2v) is 7.19. The van der Waals surface area contributed by atoms with E-state index in [1.54, 1.807) is 4.68 Å². The largest absolute Gasteiger partial charge is 0.350 e. The van der Waals surface area contributed by atoms with Crippen LogP contribution in [0.15, 0.2) is 41.0 Å². The van der Waals surface area contributed by atoms with E-state index in [1.165, 1.54) is 0 Å². The van der Waals surface area contributed by atoms with E-state index in [2.05, 4.69) is 31.4 Å². The van der Waals surface area contributed by atoms with Crippen LogP contribution in [0.25, 0.3) is 5.69 Å². The number of benzene rings is 1. The molecule has 2 heterocycles. The van der Waals surface area contributed by atoms with Crippen molar-refractivity contribution < 1.29 is 4.79 Å². The molecule has 1 unspecified atom stereocenters. The zero-order valence-electron chi connectivity index (χ0n) is 15.3. The van der Waals surface area contributed by atoms with Crippen LogP contribution in [0.4, 0.5) is 0 Å². The lowest BCUT2D eigenvalue weighted by Crippen LogP contribution is -2.31. The standard InChI is InChI=1S/C19H22BrN5O/c1-12-17(14(3)25(23-12)16-8-6-5-7-9-16)10-21-19(26)15(4)24-11-18(20)13(2)22-24/h5-9,11,15H,10H2,1-4H3,(H,21,26). The first-order valence-electron chi connectivity index (χ1n) is 8.48. The van der Waals surface area contributed by atoms with Crippen LogP contribution in [0.5, 0.6) is 0 Å². The summed E-state index contributed by atoms with van der Waals surface area (Å²) >= 11 is 3.43. The summed E-state index contributed by atoms with van der Waals surface area (Å²) in [6.07, 6.45) is 1.82. The Balaban J connectivity index is 1.73. The highest BCUT2D eigenvalue weighted by atomic mass is 79.9. The summed E-state index contributed by atoms with van der Waals surface area (Å²) in [6, 6.07) is 9.60. The predicted octanol–water partition coefficient (Wildman–Crippen LogP) is 3.63. The molecule has 0 bridgehead atoms. The van der Waals surface area contributed by atoms with E-state index >= 15 is 0 Å². The summed E-state index contributed by atoms with van der Waals surface area (Å²) in [5.41, 5.74) is 4.85. The molecular weight excluding hydrogens is 394 g/mol. The van der Waals surface area contributed by atoms with Crippen molar-refractivity contribution in [2.45, 2.75) is 40.3 Å². The first-order valence-corrected chi connectivity index (χ1v) is 9.27. The van der Waals surface area contributed by atoms with E-state index in [0.717, 1.165) is 32.8 Å². The maximum absolute atomic E-state index is 12.5. The third kappa shape index (κ3) is 3.58. The number of aromatic nitrogens is 4. The Morgan fingerprint density at radius 1 is 1.15 bits per heavy atom. The number of hydrogen-bond donors (Lipinski definition) is 1. The van der Waals surface area contributed by atoms with Gasteiger partial charge in [-0.15, -0.1) is 0 Å². The number of nitrogens with zero attached hydrogens (tertiary/aromatic N) is 4. The van der Waals surface area contributed by atoms with Crippen LogP contribution in [0.3, 0.4) is 0 Å². The normalized spacial score (nSPS) is 12.2. The Labute approximate surface area is 161 Å². The molecular formula is C19H22BrN5O. The molecule has 0 radical (unpaired) electrons. The molecule has 1 aromatic carbocycles. The van der Waals surface area contributed by atoms with Crippen LogP contribution in [-0.4, -0.2) is 25.5 Å². The van der Waals surface area contributed by atoms with Crippen molar-refractivity contribution in [2.24, 2.45) is 0 Å². The van der Waals surface area contributed by atoms with Gasteiger partial charge in [-0.1, -0.05) is 18.2 Å². The summed E-state index contributed by atoms with van der Waals surface area (Å²) < 4.78 is 4.48. The van der Waals surface area contributed by atoms with Crippen LogP contribution in [-0.2, 0) is 11.3 Å². The summed E-state index contributed by atoms with van der Waals surface area (Å²) in [5.74, 6) is -0.0775. The van der Waals surface area contributed by atoms with Gasteiger partial charge < -0.3 is 5.32 Å². The number of nitrogens with one attached hydrogen (secondary N) is 1. The number of halogens is 1. The smallest absolute Gasteiger partial charge is 0.244 e. The highest BCUT2D eigenvalue weighted by Crippen LogP contribution is 2.19. The van der Waals surface area contributed by atoms with Gasteiger partial charge in [0.25, 0.3) is 0 Å². The van der Waals surface area contributed by atoms with Gasteiger partial charge in [0, 0.05) is 24.0 Å². The molecule has 0 saturated heterocycles. The SMILES string of the molecule is Cc1nn(C(C)C(=O)NCc2c(C)nn(-c3ccccc3)c2C)cc1Br. The van der Waals surface area contributed by atoms with Gasteiger partial charge in [0.2, 0.25) is 5.91 Å². The van der Waals surface area contributed by atoms with Gasteiger partial charge in [-0.2, -0.15) is 10.2 Å². The van der Waals surface area contributed by atoms with E-state index in [9.17, 15) is 4.79 Å². The summed E-state index contributed by atoms with van der Waals surface area (Å²) in [4.78, 5) is 12.5. The fourth-order valence-corrected chi connectivity index (χ4v) is 3.14. The van der Waals surface area contributed by atoms with Crippen LogP contribution in [0.1, 0.15) is 35.6 Å². The first-order chi connectivity index (χ1) is 12.4. The molecule has 136 valence electrons. The Morgan fingerprint density at radius 2 is 1.85 bits per heavy atom. The Morgan fingerprint density at radius 3 is 2.46 bits per heavy atom. The molecule has 0 saturated carbocycles. The molecule has 0 aliphatic carbocycles. The monoisotopic (exact) mass is 415 g/mol. The topological polar surface area (TPSA) is 64.7 Å². The van der Waals surface area contributed by atoms with Gasteiger partial charge in [0.1, 0.15) is 6.04 Å². The zero-order valence-corrected chi connectivity index (χ0v) is 16.9. The van der Waals surface area contributed by atoms with E-state index in [0.29, 0.717) is 6.54 Å². The third-order valence-electron chi connectivity index (χ3n) is 4.51. The lowest BCUT2D eigenvalue weighted by Gasteiger charge is -2.13. The van der Waals surface area contributed by atoms with Crippen molar-refractivity contribution >= 4 is 21.8 Å². The first kappa shape index (κ1) is 18.4. The average Bonchev–Trinajstić information content (AvgIpc) is 3.12. The minimum Gasteiger partial charge on any atom is -0.350 e. The number of rotatable bonds is 5. The van der Waals surface area contributed by atoms with Crippen LogP contribution >= 0.6 is 15.9 Å². The third-order valence-corrected chi connectivity index (χ3v) is 5.29. The Kier molecular flexibility index (Phi) is 5.27. The van der Waals surface area contributed by atoms with Gasteiger partial charge in [0.05, 0.1) is 21.5 Å². The number of amides is 1. The van der Waals surface area contributed by atoms with Crippen molar-refractivity contribution in [3.05, 3.63) is 63.6 Å². The van der Waals surface area contributed by atoms with E-state index < -0.39 is 0 Å². The Bertz CT molecular complexity index is 910. The van der Waals surface area contributed by atoms with Crippen molar-refractivity contribution in [3.8, 4) is 5.69 Å². The quantitative estimate of drug-likeness (QED) is 0.691. The van der Waals surface area contributed by atoms with Gasteiger partial charge in [-0.05, 0) is 55.8 Å². The molecule has 0 aliphatic rings. The molecule has 0 spiro atoms. The fraction of sp³-hybridized carbons (Fsp3) is 0.316. The van der Waals surface area contributed by atoms with Gasteiger partial charge in [0.15, 0.2) is 0 Å². The molecule has 26 heavy (non-hydrogen) atoms. The van der Waals surface area contributed by atoms with Crippen molar-refractivity contribution in [2.75, 3.05) is 0 Å². The molecule has 2 aromatic heterocycles. The van der Waals surface area contributed by atoms with Gasteiger partial charge in [-0.25, -0.2) is 4.68 Å². The van der Waals surface area contributed by atoms with E-state index in [1.807, 2.05) is 68.9 Å². The van der Waals surface area contributed by atoms with Crippen molar-refractivity contribution in [1.29, 1.82) is 0 Å². The molecule has 3 aromatic rings. The van der Waals surface area contributed by atoms with Crippen LogP contribution < -0.4 is 5.32 Å². The highest BCUT2D eigenvalue weighted by molar-refractivity contribution is 9.10. The molecule has 0 aliphatic heterocycles. The number of aryl methyl sites for hydroxylation is 2. The van der Waals surface area contributed by atoms with Crippen LogP contribution in [0, 0.1) is 20.8 Å². The second-order valence-electron chi connectivity index (χ2n) is 6.33. The van der Waals surface area contributed by atoms with E-state index in [4.69, 9.17) is 0 Å². The van der Waals surface area contributed by atoms with Gasteiger partial charge >= 0.3 is 0 Å². The fourth-order valence-electron chi connectivity index (χ4n) is 2.85. The molecule has 0 fully saturated rings. The van der Waals surface area contributed by atoms with Gasteiger partial charge in [-0.3, -0.25) is 9.48 Å². The minimum atomic E-state index is -0.384. The van der Waals surface area contributed by atoms with E-state index in [-0.39, 0.29) is 11.9 Å². The summed E-state index contributed by atoms with van der Waals surface area (Å²) in [5, 5.41) is 12.0. The highest BCUT2D eigenvalue weighted by Gasteiger charge is 2.19. The average molecular weight is 416 g/mol. The molecule has 1 amide bonds. The summed E-state index contributed by atoms with van der Waals surface area (Å²) in [7, 11) is 0. The van der Waals surface area contributed by atoms with Crippen LogP contribution in [0.2, 0.25) is 0 Å². The molecule has 6 nitrogen and oxygen atoms in total. The predicted molar refractivity (Wildman–Crippen MR) is 104 cm³/mol. The second kappa shape index (κ2) is 7.45. The number of para-hydroxylation sites is 1. The molecule has 1 atom stereocenters. The minimum absolute atomic E-state index is 0.0775. The number of hydrogen-bond acceptors (Lipinski definition) is 3. The molecule has 1 N–H and O–H groups in total. The maximum Gasteiger partial charge on any atom is 0.244 e. The lowest BCUT2D eigenvalue weighted by atomic mass is 10.2. The number of carbonyl (C=O) groups is 1. The molecule has 3 rings (SSSR count). The number of carbonyl (C=O) groups excluding carboxylic acids is 1. The Hall–Kier alpha value is -2.41. The molecule has 7 heteroatoms. The lowest BCUT2D eigenvalue weighted by molar-refractivity contribution is -0.124.